The van der Waals surface area contributed by atoms with Crippen LogP contribution in [0.1, 0.15) is 19.3 Å². The topological polar surface area (TPSA) is 102 Å². The molecule has 0 spiro atoms. The van der Waals surface area contributed by atoms with Crippen molar-refractivity contribution in [2.75, 3.05) is 13.7 Å². The Balaban J connectivity index is 1.89. The molecular weight excluding hydrogens is 382 g/mol. The zero-order chi connectivity index (χ0) is 20.0. The fourth-order valence-corrected chi connectivity index (χ4v) is 3.48. The number of carbonyl (C=O) groups is 1. The standard InChI is InChI=1S/C16H20F2N4O4S/c1-11(21-27(24,25)13-5-3-12(26-2)4-6-13)15(23)20-8-7-14-19-9-10-22(14)16(17)18/h3-6,9-11,16,21H,7-8H2,1-2H3,(H,20,23)/t11-/m0/s1. The van der Waals surface area contributed by atoms with Crippen LogP contribution in [0, 0.1) is 0 Å². The summed E-state index contributed by atoms with van der Waals surface area (Å²) in [5.41, 5.74) is 0. The lowest BCUT2D eigenvalue weighted by atomic mass is 10.3. The molecule has 27 heavy (non-hydrogen) atoms. The minimum Gasteiger partial charge on any atom is -0.497 e. The third-order valence-electron chi connectivity index (χ3n) is 3.70. The monoisotopic (exact) mass is 402 g/mol. The number of aromatic nitrogens is 2. The molecule has 0 radical (unpaired) electrons. The van der Waals surface area contributed by atoms with Crippen LogP contribution in [-0.4, -0.2) is 43.6 Å². The van der Waals surface area contributed by atoms with Crippen molar-refractivity contribution in [3.05, 3.63) is 42.5 Å². The highest BCUT2D eigenvalue weighted by molar-refractivity contribution is 7.89. The molecule has 0 aliphatic rings. The quantitative estimate of drug-likeness (QED) is 0.659. The lowest BCUT2D eigenvalue weighted by Crippen LogP contribution is -2.45. The van der Waals surface area contributed by atoms with E-state index in [1.807, 2.05) is 0 Å². The molecule has 0 aliphatic heterocycles. The summed E-state index contributed by atoms with van der Waals surface area (Å²) in [6, 6.07) is 4.65. The van der Waals surface area contributed by atoms with Crippen molar-refractivity contribution in [1.29, 1.82) is 0 Å². The molecule has 1 aromatic carbocycles. The summed E-state index contributed by atoms with van der Waals surface area (Å²) >= 11 is 0. The molecule has 0 bridgehead atoms. The summed E-state index contributed by atoms with van der Waals surface area (Å²) in [7, 11) is -2.44. The van der Waals surface area contributed by atoms with E-state index in [1.54, 1.807) is 0 Å². The van der Waals surface area contributed by atoms with E-state index < -0.39 is 28.5 Å². The molecule has 11 heteroatoms. The fraction of sp³-hybridized carbons (Fsp3) is 0.375. The lowest BCUT2D eigenvalue weighted by molar-refractivity contribution is -0.122. The molecule has 2 N–H and O–H groups in total. The second kappa shape index (κ2) is 8.91. The van der Waals surface area contributed by atoms with Crippen molar-refractivity contribution in [3.8, 4) is 5.75 Å². The van der Waals surface area contributed by atoms with Crippen LogP contribution < -0.4 is 14.8 Å². The minimum atomic E-state index is -3.90. The number of hydrogen-bond acceptors (Lipinski definition) is 5. The number of methoxy groups -OCH3 is 1. The number of imidazole rings is 1. The number of hydrogen-bond donors (Lipinski definition) is 2. The van der Waals surface area contributed by atoms with Gasteiger partial charge in [-0.05, 0) is 31.2 Å². The van der Waals surface area contributed by atoms with E-state index in [9.17, 15) is 22.0 Å². The van der Waals surface area contributed by atoms with Crippen molar-refractivity contribution >= 4 is 15.9 Å². The van der Waals surface area contributed by atoms with Crippen molar-refractivity contribution in [2.45, 2.75) is 30.8 Å². The number of halogens is 2. The number of benzene rings is 1. The Bertz CT molecular complexity index is 869. The van der Waals surface area contributed by atoms with Crippen molar-refractivity contribution in [2.24, 2.45) is 0 Å². The van der Waals surface area contributed by atoms with Gasteiger partial charge in [-0.15, -0.1) is 0 Å². The van der Waals surface area contributed by atoms with Gasteiger partial charge < -0.3 is 10.1 Å². The van der Waals surface area contributed by atoms with Crippen molar-refractivity contribution < 1.29 is 26.7 Å². The van der Waals surface area contributed by atoms with Crippen LogP contribution >= 0.6 is 0 Å². The number of carbonyl (C=O) groups excluding carboxylic acids is 1. The highest BCUT2D eigenvalue weighted by atomic mass is 32.2. The van der Waals surface area contributed by atoms with Gasteiger partial charge in [0.25, 0.3) is 0 Å². The van der Waals surface area contributed by atoms with Crippen LogP contribution in [-0.2, 0) is 21.2 Å². The Morgan fingerprint density at radius 1 is 1.30 bits per heavy atom. The maximum atomic E-state index is 12.7. The third kappa shape index (κ3) is 5.47. The van der Waals surface area contributed by atoms with E-state index in [4.69, 9.17) is 4.74 Å². The Labute approximate surface area is 155 Å². The largest absolute Gasteiger partial charge is 0.497 e. The summed E-state index contributed by atoms with van der Waals surface area (Å²) in [4.78, 5) is 15.9. The average Bonchev–Trinajstić information content (AvgIpc) is 3.10. The van der Waals surface area contributed by atoms with E-state index in [2.05, 4.69) is 15.0 Å². The lowest BCUT2D eigenvalue weighted by Gasteiger charge is -2.15. The zero-order valence-corrected chi connectivity index (χ0v) is 15.5. The number of alkyl halides is 2. The van der Waals surface area contributed by atoms with E-state index in [-0.39, 0.29) is 23.7 Å². The van der Waals surface area contributed by atoms with E-state index in [0.717, 1.165) is 6.20 Å². The number of rotatable bonds is 9. The Hall–Kier alpha value is -2.53. The number of sulfonamides is 1. The van der Waals surface area contributed by atoms with Gasteiger partial charge in [0.05, 0.1) is 18.0 Å². The first-order valence-electron chi connectivity index (χ1n) is 7.98. The Morgan fingerprint density at radius 3 is 2.56 bits per heavy atom. The summed E-state index contributed by atoms with van der Waals surface area (Å²) in [6.45, 7) is -1.29. The second-order valence-corrected chi connectivity index (χ2v) is 7.30. The van der Waals surface area contributed by atoms with Crippen LogP contribution in [0.4, 0.5) is 8.78 Å². The molecule has 148 valence electrons. The molecular formula is C16H20F2N4O4S. The summed E-state index contributed by atoms with van der Waals surface area (Å²) in [6.07, 6.45) is 2.48. The highest BCUT2D eigenvalue weighted by Crippen LogP contribution is 2.15. The second-order valence-electron chi connectivity index (χ2n) is 5.59. The highest BCUT2D eigenvalue weighted by Gasteiger charge is 2.22. The van der Waals surface area contributed by atoms with Gasteiger partial charge in [0.1, 0.15) is 11.6 Å². The van der Waals surface area contributed by atoms with Gasteiger partial charge in [-0.2, -0.15) is 13.5 Å². The van der Waals surface area contributed by atoms with Gasteiger partial charge >= 0.3 is 6.55 Å². The molecule has 1 aromatic heterocycles. The smallest absolute Gasteiger partial charge is 0.319 e. The van der Waals surface area contributed by atoms with E-state index in [0.29, 0.717) is 10.3 Å². The molecule has 0 saturated heterocycles. The minimum absolute atomic E-state index is 0.0121. The van der Waals surface area contributed by atoms with E-state index >= 15 is 0 Å². The van der Waals surface area contributed by atoms with Crippen LogP contribution in [0.15, 0.2) is 41.6 Å². The molecule has 0 saturated carbocycles. The van der Waals surface area contributed by atoms with Crippen LogP contribution in [0.25, 0.3) is 0 Å². The Kier molecular flexibility index (Phi) is 6.86. The summed E-state index contributed by atoms with van der Waals surface area (Å²) in [5, 5.41) is 2.50. The van der Waals surface area contributed by atoms with Gasteiger partial charge in [0.15, 0.2) is 0 Å². The SMILES string of the molecule is COc1ccc(S(=O)(=O)N[C@@H](C)C(=O)NCCc2nccn2C(F)F)cc1. The molecule has 0 aliphatic carbocycles. The molecule has 8 nitrogen and oxygen atoms in total. The summed E-state index contributed by atoms with van der Waals surface area (Å²) in [5.74, 6) is 0.0425. The molecule has 1 atom stereocenters. The Morgan fingerprint density at radius 2 is 1.96 bits per heavy atom. The molecule has 0 fully saturated rings. The summed E-state index contributed by atoms with van der Waals surface area (Å²) < 4.78 is 58.0. The number of amides is 1. The predicted octanol–water partition coefficient (Wildman–Crippen LogP) is 1.31. The van der Waals surface area contributed by atoms with Gasteiger partial charge in [-0.1, -0.05) is 0 Å². The first-order valence-corrected chi connectivity index (χ1v) is 9.47. The van der Waals surface area contributed by atoms with Crippen molar-refractivity contribution in [1.82, 2.24) is 19.6 Å². The maximum absolute atomic E-state index is 12.7. The number of nitrogens with one attached hydrogen (secondary N) is 2. The first-order chi connectivity index (χ1) is 12.7. The van der Waals surface area contributed by atoms with Crippen LogP contribution in [0.3, 0.4) is 0 Å². The van der Waals surface area contributed by atoms with Gasteiger partial charge in [-0.25, -0.2) is 13.4 Å². The average molecular weight is 402 g/mol. The molecule has 0 unspecified atom stereocenters. The van der Waals surface area contributed by atoms with Gasteiger partial charge in [-0.3, -0.25) is 9.36 Å². The molecule has 1 heterocycles. The number of ether oxygens (including phenoxy) is 1. The maximum Gasteiger partial charge on any atom is 0.319 e. The zero-order valence-electron chi connectivity index (χ0n) is 14.7. The fourth-order valence-electron chi connectivity index (χ4n) is 2.28. The normalized spacial score (nSPS) is 12.8. The van der Waals surface area contributed by atoms with Gasteiger partial charge in [0, 0.05) is 25.4 Å². The predicted molar refractivity (Wildman–Crippen MR) is 93.0 cm³/mol. The van der Waals surface area contributed by atoms with Crippen molar-refractivity contribution in [3.63, 3.8) is 0 Å². The number of nitrogens with zero attached hydrogens (tertiary/aromatic N) is 2. The van der Waals surface area contributed by atoms with E-state index in [1.165, 1.54) is 44.5 Å². The molecule has 1 amide bonds. The molecule has 2 aromatic rings. The van der Waals surface area contributed by atoms with Gasteiger partial charge in [0.2, 0.25) is 15.9 Å². The van der Waals surface area contributed by atoms with Crippen LogP contribution in [0.2, 0.25) is 0 Å². The van der Waals surface area contributed by atoms with Crippen LogP contribution in [0.5, 0.6) is 5.75 Å². The molecule has 2 rings (SSSR count). The first kappa shape index (κ1) is 20.8. The third-order valence-corrected chi connectivity index (χ3v) is 5.26.